The van der Waals surface area contributed by atoms with Crippen LogP contribution in [0.15, 0.2) is 12.4 Å². The Hall–Kier alpha value is -0.990. The third-order valence-electron chi connectivity index (χ3n) is 1.44. The van der Waals surface area contributed by atoms with Crippen molar-refractivity contribution in [3.8, 4) is 5.75 Å². The Kier molecular flexibility index (Phi) is 2.95. The van der Waals surface area contributed by atoms with Gasteiger partial charge in [-0.3, -0.25) is 5.10 Å². The molecular formula is C8H14N2O. The van der Waals surface area contributed by atoms with Crippen LogP contribution in [0, 0.1) is 5.92 Å². The maximum absolute atomic E-state index is 5.36. The largest absolute Gasteiger partial charge is 0.490 e. The number of nitrogens with one attached hydrogen (secondary N) is 1. The van der Waals surface area contributed by atoms with Crippen molar-refractivity contribution in [2.45, 2.75) is 20.3 Å². The van der Waals surface area contributed by atoms with Gasteiger partial charge in [0.25, 0.3) is 0 Å². The third-order valence-corrected chi connectivity index (χ3v) is 1.44. The molecule has 0 aromatic carbocycles. The number of hydrogen-bond donors (Lipinski definition) is 1. The van der Waals surface area contributed by atoms with Crippen LogP contribution in [0.5, 0.6) is 5.75 Å². The molecule has 1 rings (SSSR count). The van der Waals surface area contributed by atoms with E-state index in [1.807, 2.05) is 0 Å². The topological polar surface area (TPSA) is 37.9 Å². The van der Waals surface area contributed by atoms with Crippen molar-refractivity contribution >= 4 is 0 Å². The molecule has 0 bridgehead atoms. The highest BCUT2D eigenvalue weighted by molar-refractivity contribution is 5.09. The summed E-state index contributed by atoms with van der Waals surface area (Å²) >= 11 is 0. The minimum atomic E-state index is 0.696. The Morgan fingerprint density at radius 1 is 1.64 bits per heavy atom. The maximum Gasteiger partial charge on any atom is 0.156 e. The van der Waals surface area contributed by atoms with Crippen LogP contribution >= 0.6 is 0 Å². The lowest BCUT2D eigenvalue weighted by Gasteiger charge is -2.04. The van der Waals surface area contributed by atoms with Crippen molar-refractivity contribution in [2.75, 3.05) is 6.61 Å². The first-order valence-corrected chi connectivity index (χ1v) is 3.90. The van der Waals surface area contributed by atoms with E-state index in [9.17, 15) is 0 Å². The fourth-order valence-corrected chi connectivity index (χ4v) is 0.730. The summed E-state index contributed by atoms with van der Waals surface area (Å²) < 4.78 is 5.36. The van der Waals surface area contributed by atoms with Crippen LogP contribution in [-0.2, 0) is 0 Å². The molecule has 0 amide bonds. The number of nitrogens with zero attached hydrogens (tertiary/aromatic N) is 1. The van der Waals surface area contributed by atoms with Gasteiger partial charge in [-0.1, -0.05) is 13.8 Å². The molecule has 1 heterocycles. The van der Waals surface area contributed by atoms with Gasteiger partial charge in [-0.15, -0.1) is 0 Å². The maximum atomic E-state index is 5.36. The predicted octanol–water partition coefficient (Wildman–Crippen LogP) is 1.83. The number of H-pyrrole nitrogens is 1. The first-order chi connectivity index (χ1) is 5.29. The zero-order valence-electron chi connectivity index (χ0n) is 7.00. The smallest absolute Gasteiger partial charge is 0.156 e. The first-order valence-electron chi connectivity index (χ1n) is 3.90. The monoisotopic (exact) mass is 154 g/mol. The molecule has 0 unspecified atom stereocenters. The number of aromatic amines is 1. The molecule has 1 aromatic rings. The highest BCUT2D eigenvalue weighted by atomic mass is 16.5. The highest BCUT2D eigenvalue weighted by Gasteiger charge is 1.95. The van der Waals surface area contributed by atoms with Crippen LogP contribution in [0.25, 0.3) is 0 Å². The third kappa shape index (κ3) is 3.07. The molecule has 3 heteroatoms. The molecule has 62 valence electrons. The van der Waals surface area contributed by atoms with Crippen molar-refractivity contribution in [1.82, 2.24) is 10.2 Å². The number of hydrogen-bond acceptors (Lipinski definition) is 2. The van der Waals surface area contributed by atoms with E-state index in [1.54, 1.807) is 12.4 Å². The molecule has 0 saturated heterocycles. The van der Waals surface area contributed by atoms with Gasteiger partial charge >= 0.3 is 0 Å². The molecule has 0 aliphatic heterocycles. The van der Waals surface area contributed by atoms with Crippen LogP contribution in [0.2, 0.25) is 0 Å². The Balaban J connectivity index is 2.14. The van der Waals surface area contributed by atoms with Crippen molar-refractivity contribution in [1.29, 1.82) is 0 Å². The Labute approximate surface area is 66.8 Å². The zero-order chi connectivity index (χ0) is 8.10. The van der Waals surface area contributed by atoms with E-state index in [-0.39, 0.29) is 0 Å². The number of rotatable bonds is 4. The summed E-state index contributed by atoms with van der Waals surface area (Å²) in [6.45, 7) is 5.13. The van der Waals surface area contributed by atoms with Crippen molar-refractivity contribution < 1.29 is 4.74 Å². The summed E-state index contributed by atoms with van der Waals surface area (Å²) in [6.07, 6.45) is 4.52. The van der Waals surface area contributed by atoms with Crippen LogP contribution in [-0.4, -0.2) is 16.8 Å². The molecular weight excluding hydrogens is 140 g/mol. The van der Waals surface area contributed by atoms with Crippen LogP contribution in [0.1, 0.15) is 20.3 Å². The van der Waals surface area contributed by atoms with E-state index in [0.29, 0.717) is 5.92 Å². The molecule has 0 aliphatic rings. The molecule has 0 radical (unpaired) electrons. The molecule has 3 nitrogen and oxygen atoms in total. The summed E-state index contributed by atoms with van der Waals surface area (Å²) in [5.74, 6) is 1.52. The first kappa shape index (κ1) is 8.11. The SMILES string of the molecule is CC(C)CCOc1cn[nH]c1. The van der Waals surface area contributed by atoms with Gasteiger partial charge in [0.05, 0.1) is 19.0 Å². The molecule has 0 atom stereocenters. The molecule has 11 heavy (non-hydrogen) atoms. The fourth-order valence-electron chi connectivity index (χ4n) is 0.730. The molecule has 0 saturated carbocycles. The van der Waals surface area contributed by atoms with Gasteiger partial charge in [-0.25, -0.2) is 0 Å². The second-order valence-corrected chi connectivity index (χ2v) is 2.96. The molecule has 0 aliphatic carbocycles. The normalized spacial score (nSPS) is 10.5. The quantitative estimate of drug-likeness (QED) is 0.718. The zero-order valence-corrected chi connectivity index (χ0v) is 7.00. The second-order valence-electron chi connectivity index (χ2n) is 2.96. The summed E-state index contributed by atoms with van der Waals surface area (Å²) in [6, 6.07) is 0. The van der Waals surface area contributed by atoms with Crippen LogP contribution in [0.3, 0.4) is 0 Å². The Bertz CT molecular complexity index is 182. The summed E-state index contributed by atoms with van der Waals surface area (Å²) in [4.78, 5) is 0. The summed E-state index contributed by atoms with van der Waals surface area (Å²) in [5, 5.41) is 6.46. The predicted molar refractivity (Wildman–Crippen MR) is 43.5 cm³/mol. The Morgan fingerprint density at radius 2 is 2.45 bits per heavy atom. The molecule has 1 aromatic heterocycles. The van der Waals surface area contributed by atoms with E-state index in [0.717, 1.165) is 18.8 Å². The number of aromatic nitrogens is 2. The Morgan fingerprint density at radius 3 is 3.00 bits per heavy atom. The van der Waals surface area contributed by atoms with Crippen LogP contribution in [0.4, 0.5) is 0 Å². The molecule has 0 fully saturated rings. The average molecular weight is 154 g/mol. The number of ether oxygens (including phenoxy) is 1. The van der Waals surface area contributed by atoms with Gasteiger partial charge in [0.2, 0.25) is 0 Å². The average Bonchev–Trinajstić information content (AvgIpc) is 2.39. The van der Waals surface area contributed by atoms with Gasteiger partial charge in [0.15, 0.2) is 5.75 Å². The van der Waals surface area contributed by atoms with Crippen LogP contribution < -0.4 is 4.74 Å². The minimum Gasteiger partial charge on any atom is -0.490 e. The lowest BCUT2D eigenvalue weighted by atomic mass is 10.1. The fraction of sp³-hybridized carbons (Fsp3) is 0.625. The van der Waals surface area contributed by atoms with Crippen molar-refractivity contribution in [2.24, 2.45) is 5.92 Å². The summed E-state index contributed by atoms with van der Waals surface area (Å²) in [5.41, 5.74) is 0. The van der Waals surface area contributed by atoms with Gasteiger partial charge in [-0.2, -0.15) is 5.10 Å². The highest BCUT2D eigenvalue weighted by Crippen LogP contribution is 2.07. The van der Waals surface area contributed by atoms with Gasteiger partial charge < -0.3 is 4.74 Å². The lowest BCUT2D eigenvalue weighted by molar-refractivity contribution is 0.289. The van der Waals surface area contributed by atoms with Gasteiger partial charge in [-0.05, 0) is 12.3 Å². The summed E-state index contributed by atoms with van der Waals surface area (Å²) in [7, 11) is 0. The molecule has 0 spiro atoms. The van der Waals surface area contributed by atoms with Gasteiger partial charge in [0.1, 0.15) is 0 Å². The lowest BCUT2D eigenvalue weighted by Crippen LogP contribution is -2.00. The van der Waals surface area contributed by atoms with E-state index in [4.69, 9.17) is 4.74 Å². The molecule has 1 N–H and O–H groups in total. The van der Waals surface area contributed by atoms with Gasteiger partial charge in [0, 0.05) is 0 Å². The second kappa shape index (κ2) is 4.01. The van der Waals surface area contributed by atoms with E-state index >= 15 is 0 Å². The minimum absolute atomic E-state index is 0.696. The van der Waals surface area contributed by atoms with Crippen molar-refractivity contribution in [3.05, 3.63) is 12.4 Å². The van der Waals surface area contributed by atoms with E-state index in [1.165, 1.54) is 0 Å². The van der Waals surface area contributed by atoms with E-state index in [2.05, 4.69) is 24.0 Å². The van der Waals surface area contributed by atoms with E-state index < -0.39 is 0 Å². The standard InChI is InChI=1S/C8H14N2O/c1-7(2)3-4-11-8-5-9-10-6-8/h5-7H,3-4H2,1-2H3,(H,9,10). The van der Waals surface area contributed by atoms with Crippen molar-refractivity contribution in [3.63, 3.8) is 0 Å².